The van der Waals surface area contributed by atoms with Crippen molar-refractivity contribution in [3.8, 4) is 0 Å². The Morgan fingerprint density at radius 3 is 2.69 bits per heavy atom. The molecule has 0 spiro atoms. The molecule has 0 bridgehead atoms. The van der Waals surface area contributed by atoms with Crippen LogP contribution < -0.4 is 10.8 Å². The normalized spacial score (nSPS) is 12.5. The number of benzene rings is 2. The van der Waals surface area contributed by atoms with Gasteiger partial charge in [-0.05, 0) is 36.8 Å². The van der Waals surface area contributed by atoms with Crippen molar-refractivity contribution in [1.29, 1.82) is 0 Å². The van der Waals surface area contributed by atoms with Crippen LogP contribution in [0.25, 0.3) is 10.9 Å². The second-order valence-electron chi connectivity index (χ2n) is 7.99. The molecule has 4 rings (SSSR count). The summed E-state index contributed by atoms with van der Waals surface area (Å²) in [7, 11) is 0. The van der Waals surface area contributed by atoms with E-state index in [1.165, 1.54) is 5.56 Å². The Bertz CT molecular complexity index is 1120. The van der Waals surface area contributed by atoms with Gasteiger partial charge in [0.15, 0.2) is 0 Å². The second kappa shape index (κ2) is 10.2. The van der Waals surface area contributed by atoms with Crippen molar-refractivity contribution in [2.24, 2.45) is 0 Å². The molecular formula is C25H27N3O4. The molecule has 2 amide bonds. The van der Waals surface area contributed by atoms with Crippen molar-refractivity contribution >= 4 is 28.5 Å². The molecule has 1 aliphatic heterocycles. The summed E-state index contributed by atoms with van der Waals surface area (Å²) in [6.07, 6.45) is 5.29. The zero-order chi connectivity index (χ0) is 22.3. The molecule has 32 heavy (non-hydrogen) atoms. The fourth-order valence-electron chi connectivity index (χ4n) is 4.08. The molecule has 0 radical (unpaired) electrons. The Labute approximate surface area is 186 Å². The Kier molecular flexibility index (Phi) is 6.97. The summed E-state index contributed by atoms with van der Waals surface area (Å²) in [6.45, 7) is 1.51. The number of nitrogens with zero attached hydrogens (tertiary/aromatic N) is 1. The zero-order valence-corrected chi connectivity index (χ0v) is 17.9. The average molecular weight is 434 g/mol. The highest BCUT2D eigenvalue weighted by Gasteiger charge is 2.23. The zero-order valence-electron chi connectivity index (χ0n) is 17.9. The van der Waals surface area contributed by atoms with Gasteiger partial charge in [0, 0.05) is 31.1 Å². The first kappa shape index (κ1) is 21.8. The lowest BCUT2D eigenvalue weighted by Gasteiger charge is -2.14. The number of carbonyl (C=O) groups is 3. The minimum absolute atomic E-state index is 0.211. The number of hydrogen-bond acceptors (Lipinski definition) is 4. The Morgan fingerprint density at radius 1 is 1.00 bits per heavy atom. The highest BCUT2D eigenvalue weighted by Crippen LogP contribution is 2.29. The van der Waals surface area contributed by atoms with Crippen molar-refractivity contribution in [3.05, 3.63) is 71.4 Å². The van der Waals surface area contributed by atoms with E-state index in [1.807, 2.05) is 42.5 Å². The summed E-state index contributed by atoms with van der Waals surface area (Å²) < 4.78 is 2.08. The van der Waals surface area contributed by atoms with Gasteiger partial charge in [-0.2, -0.15) is 0 Å². The van der Waals surface area contributed by atoms with Crippen LogP contribution in [0.5, 0.6) is 0 Å². The third-order valence-corrected chi connectivity index (χ3v) is 5.66. The summed E-state index contributed by atoms with van der Waals surface area (Å²) in [5.41, 5.74) is 6.14. The average Bonchev–Trinajstić information content (AvgIpc) is 3.19. The number of rotatable bonds is 10. The van der Waals surface area contributed by atoms with Gasteiger partial charge < -0.3 is 9.88 Å². The van der Waals surface area contributed by atoms with E-state index in [9.17, 15) is 14.4 Å². The minimum Gasteiger partial charge on any atom is -0.349 e. The van der Waals surface area contributed by atoms with E-state index >= 15 is 0 Å². The summed E-state index contributed by atoms with van der Waals surface area (Å²) in [4.78, 5) is 42.1. The SMILES string of the molecule is O=C(CCCCNC(=O)C(=O)c1cn2c3c(cccc13)CCC2)NOCc1ccccc1. The van der Waals surface area contributed by atoms with Crippen molar-refractivity contribution in [2.45, 2.75) is 45.3 Å². The largest absolute Gasteiger partial charge is 0.349 e. The van der Waals surface area contributed by atoms with E-state index in [1.54, 1.807) is 6.20 Å². The van der Waals surface area contributed by atoms with Gasteiger partial charge in [0.2, 0.25) is 5.91 Å². The minimum atomic E-state index is -0.607. The van der Waals surface area contributed by atoms with Crippen LogP contribution in [0.4, 0.5) is 0 Å². The molecule has 1 aliphatic rings. The monoisotopic (exact) mass is 433 g/mol. The molecule has 7 heteroatoms. The molecule has 7 nitrogen and oxygen atoms in total. The quantitative estimate of drug-likeness (QED) is 0.222. The van der Waals surface area contributed by atoms with Gasteiger partial charge in [-0.15, -0.1) is 0 Å². The van der Waals surface area contributed by atoms with E-state index in [0.29, 0.717) is 31.6 Å². The van der Waals surface area contributed by atoms with E-state index in [0.717, 1.165) is 35.9 Å². The predicted octanol–water partition coefficient (Wildman–Crippen LogP) is 3.30. The Morgan fingerprint density at radius 2 is 1.84 bits per heavy atom. The number of hydroxylamine groups is 1. The maximum atomic E-state index is 12.7. The number of nitrogens with one attached hydrogen (secondary N) is 2. The maximum absolute atomic E-state index is 12.7. The van der Waals surface area contributed by atoms with Crippen molar-refractivity contribution in [2.75, 3.05) is 6.54 Å². The first-order valence-electron chi connectivity index (χ1n) is 11.0. The van der Waals surface area contributed by atoms with Crippen LogP contribution in [-0.4, -0.2) is 28.7 Å². The molecule has 0 aliphatic carbocycles. The molecule has 166 valence electrons. The van der Waals surface area contributed by atoms with Crippen LogP contribution >= 0.6 is 0 Å². The summed E-state index contributed by atoms with van der Waals surface area (Å²) in [6, 6.07) is 15.5. The van der Waals surface area contributed by atoms with Crippen molar-refractivity contribution in [1.82, 2.24) is 15.4 Å². The molecule has 0 saturated carbocycles. The summed E-state index contributed by atoms with van der Waals surface area (Å²) in [5.74, 6) is -1.33. The highest BCUT2D eigenvalue weighted by molar-refractivity contribution is 6.45. The lowest BCUT2D eigenvalue weighted by Crippen LogP contribution is -2.32. The number of aromatic nitrogens is 1. The fraction of sp³-hybridized carbons (Fsp3) is 0.320. The fourth-order valence-corrected chi connectivity index (χ4v) is 4.08. The molecule has 1 aromatic heterocycles. The van der Waals surface area contributed by atoms with Crippen molar-refractivity contribution < 1.29 is 19.2 Å². The van der Waals surface area contributed by atoms with Crippen LogP contribution in [0.15, 0.2) is 54.7 Å². The first-order chi connectivity index (χ1) is 15.6. The van der Waals surface area contributed by atoms with Gasteiger partial charge in [-0.25, -0.2) is 5.48 Å². The molecule has 0 fully saturated rings. The number of aryl methyl sites for hydroxylation is 2. The van der Waals surface area contributed by atoms with Gasteiger partial charge in [-0.1, -0.05) is 48.5 Å². The maximum Gasteiger partial charge on any atom is 0.292 e. The van der Waals surface area contributed by atoms with Gasteiger partial charge in [0.25, 0.3) is 11.7 Å². The summed E-state index contributed by atoms with van der Waals surface area (Å²) in [5, 5.41) is 3.52. The van der Waals surface area contributed by atoms with E-state index in [2.05, 4.69) is 21.4 Å². The van der Waals surface area contributed by atoms with Crippen LogP contribution in [0.2, 0.25) is 0 Å². The lowest BCUT2D eigenvalue weighted by molar-refractivity contribution is -0.134. The number of carbonyl (C=O) groups excluding carboxylic acids is 3. The molecule has 0 saturated heterocycles. The molecular weight excluding hydrogens is 406 g/mol. The van der Waals surface area contributed by atoms with Crippen LogP contribution in [0.3, 0.4) is 0 Å². The molecule has 0 atom stereocenters. The van der Waals surface area contributed by atoms with Crippen molar-refractivity contribution in [3.63, 3.8) is 0 Å². The number of unbranched alkanes of at least 4 members (excludes halogenated alkanes) is 1. The standard InChI is InChI=1S/C25H27N3O4/c29-22(27-32-17-18-8-2-1-3-9-18)13-4-5-14-26-25(31)24(30)21-16-28-15-7-11-19-10-6-12-20(21)23(19)28/h1-3,6,8-10,12,16H,4-5,7,11,13-15,17H2,(H,26,31)(H,27,29). The molecule has 2 N–H and O–H groups in total. The third kappa shape index (κ3) is 5.06. The van der Waals surface area contributed by atoms with Crippen LogP contribution in [0, 0.1) is 0 Å². The number of Topliss-reactive ketones (excluding diaryl/α,β-unsaturated/α-hetero) is 1. The van der Waals surface area contributed by atoms with Gasteiger partial charge in [-0.3, -0.25) is 19.2 Å². The smallest absolute Gasteiger partial charge is 0.292 e. The molecule has 2 aromatic carbocycles. The molecule has 0 unspecified atom stereocenters. The summed E-state index contributed by atoms with van der Waals surface area (Å²) >= 11 is 0. The van der Waals surface area contributed by atoms with Gasteiger partial charge in [0.05, 0.1) is 17.7 Å². The van der Waals surface area contributed by atoms with Gasteiger partial charge >= 0.3 is 0 Å². The number of ketones is 1. The van der Waals surface area contributed by atoms with Crippen LogP contribution in [0.1, 0.15) is 47.2 Å². The van der Waals surface area contributed by atoms with Crippen LogP contribution in [-0.2, 0) is 34.0 Å². The Hall–Kier alpha value is -3.45. The van der Waals surface area contributed by atoms with E-state index in [4.69, 9.17) is 4.84 Å². The predicted molar refractivity (Wildman–Crippen MR) is 121 cm³/mol. The topological polar surface area (TPSA) is 89.4 Å². The third-order valence-electron chi connectivity index (χ3n) is 5.66. The number of amides is 2. The van der Waals surface area contributed by atoms with E-state index in [-0.39, 0.29) is 12.3 Å². The highest BCUT2D eigenvalue weighted by atomic mass is 16.6. The first-order valence-corrected chi connectivity index (χ1v) is 11.0. The second-order valence-corrected chi connectivity index (χ2v) is 7.99. The van der Waals surface area contributed by atoms with Gasteiger partial charge in [0.1, 0.15) is 0 Å². The lowest BCUT2D eigenvalue weighted by atomic mass is 10.0. The number of para-hydroxylation sites is 1. The number of hydrogen-bond donors (Lipinski definition) is 2. The molecule has 2 heterocycles. The molecule has 3 aromatic rings. The Balaban J connectivity index is 1.18. The van der Waals surface area contributed by atoms with E-state index < -0.39 is 11.7 Å².